The molecule has 1 aromatic carbocycles. The van der Waals surface area contributed by atoms with E-state index in [1.807, 2.05) is 0 Å². The Kier molecular flexibility index (Phi) is 7.86. The lowest BCUT2D eigenvalue weighted by Crippen LogP contribution is -2.48. The van der Waals surface area contributed by atoms with E-state index in [0.29, 0.717) is 24.3 Å². The molecule has 0 heterocycles. The summed E-state index contributed by atoms with van der Waals surface area (Å²) in [5.41, 5.74) is -0.700. The number of unbranched alkanes of at least 4 members (excludes halogenated alkanes) is 3. The van der Waals surface area contributed by atoms with Crippen molar-refractivity contribution in [1.29, 1.82) is 0 Å². The number of hydrogen-bond acceptors (Lipinski definition) is 1. The molecule has 3 atom stereocenters. The first-order valence-electron chi connectivity index (χ1n) is 11.8. The fraction of sp³-hybridized carbons (Fsp3) is 0.720. The molecule has 168 valence electrons. The summed E-state index contributed by atoms with van der Waals surface area (Å²) in [7, 11) is 0. The minimum atomic E-state index is -1.48. The van der Waals surface area contributed by atoms with Gasteiger partial charge >= 0.3 is 5.97 Å². The number of carbonyl (C=O) groups is 1. The molecule has 1 N–H and O–H groups in total. The van der Waals surface area contributed by atoms with Crippen molar-refractivity contribution < 1.29 is 23.1 Å². The molecule has 1 unspecified atom stereocenters. The molecular formula is C25H35F3O2. The van der Waals surface area contributed by atoms with Gasteiger partial charge in [-0.1, -0.05) is 58.3 Å². The average Bonchev–Trinajstić information content (AvgIpc) is 2.75. The molecule has 2 nitrogen and oxygen atoms in total. The molecule has 2 aliphatic rings. The van der Waals surface area contributed by atoms with Crippen molar-refractivity contribution in [3.63, 3.8) is 0 Å². The first-order chi connectivity index (χ1) is 14.4. The number of halogens is 3. The first kappa shape index (κ1) is 23.1. The van der Waals surface area contributed by atoms with Crippen LogP contribution in [-0.4, -0.2) is 11.1 Å². The number of hydrogen-bond donors (Lipinski definition) is 1. The average molecular weight is 425 g/mol. The third-order valence-electron chi connectivity index (χ3n) is 7.76. The molecule has 0 aliphatic heterocycles. The van der Waals surface area contributed by atoms with Gasteiger partial charge in [0.05, 0.1) is 5.41 Å². The van der Waals surface area contributed by atoms with Crippen LogP contribution in [-0.2, 0) is 4.79 Å². The Morgan fingerprint density at radius 3 is 2.30 bits per heavy atom. The van der Waals surface area contributed by atoms with Crippen LogP contribution in [0, 0.1) is 34.7 Å². The maximum absolute atomic E-state index is 14.1. The molecule has 0 spiro atoms. The predicted molar refractivity (Wildman–Crippen MR) is 112 cm³/mol. The Bertz CT molecular complexity index is 706. The second kappa shape index (κ2) is 10.2. The van der Waals surface area contributed by atoms with Crippen LogP contribution < -0.4 is 0 Å². The lowest BCUT2D eigenvalue weighted by atomic mass is 9.53. The standard InChI is InChI=1S/C25H35F3O2/c1-2-3-4-6-9-17-12-13-25(24(29)30,19-10-7-5-8-11-19)20(14-17)18-15-21(26)23(28)22(27)16-18/h15-17,19-20H,2-14H2,1H3,(H,29,30)/t17-,20?,25-/m1/s1. The van der Waals surface area contributed by atoms with Gasteiger partial charge in [0.2, 0.25) is 0 Å². The van der Waals surface area contributed by atoms with Gasteiger partial charge in [0.15, 0.2) is 17.5 Å². The zero-order chi connectivity index (χ0) is 21.7. The summed E-state index contributed by atoms with van der Waals surface area (Å²) < 4.78 is 41.9. The Hall–Kier alpha value is -1.52. The van der Waals surface area contributed by atoms with Gasteiger partial charge in [-0.15, -0.1) is 0 Å². The van der Waals surface area contributed by atoms with Crippen LogP contribution in [0.2, 0.25) is 0 Å². The number of carboxylic acid groups (broad SMARTS) is 1. The topological polar surface area (TPSA) is 37.3 Å². The fourth-order valence-corrected chi connectivity index (χ4v) is 6.15. The molecule has 2 saturated carbocycles. The number of benzene rings is 1. The van der Waals surface area contributed by atoms with Crippen LogP contribution in [0.4, 0.5) is 13.2 Å². The van der Waals surface area contributed by atoms with Crippen molar-refractivity contribution in [2.24, 2.45) is 17.3 Å². The highest BCUT2D eigenvalue weighted by atomic mass is 19.2. The number of carboxylic acids is 1. The van der Waals surface area contributed by atoms with E-state index in [9.17, 15) is 23.1 Å². The van der Waals surface area contributed by atoms with Crippen molar-refractivity contribution >= 4 is 5.97 Å². The van der Waals surface area contributed by atoms with Crippen LogP contribution in [0.1, 0.15) is 102 Å². The van der Waals surface area contributed by atoms with E-state index in [2.05, 4.69) is 6.92 Å². The number of rotatable bonds is 8. The van der Waals surface area contributed by atoms with Gasteiger partial charge in [-0.3, -0.25) is 4.79 Å². The lowest BCUT2D eigenvalue weighted by Gasteiger charge is -2.49. The largest absolute Gasteiger partial charge is 0.481 e. The van der Waals surface area contributed by atoms with Crippen molar-refractivity contribution in [3.05, 3.63) is 35.1 Å². The highest BCUT2D eigenvalue weighted by Gasteiger charge is 2.54. The zero-order valence-electron chi connectivity index (χ0n) is 18.1. The van der Waals surface area contributed by atoms with Gasteiger partial charge in [0.1, 0.15) is 0 Å². The van der Waals surface area contributed by atoms with Gasteiger partial charge in [-0.25, -0.2) is 13.2 Å². The highest BCUT2D eigenvalue weighted by molar-refractivity contribution is 5.77. The van der Waals surface area contributed by atoms with E-state index in [-0.39, 0.29) is 5.92 Å². The van der Waals surface area contributed by atoms with Crippen molar-refractivity contribution in [2.45, 2.75) is 96.3 Å². The fourth-order valence-electron chi connectivity index (χ4n) is 6.15. The summed E-state index contributed by atoms with van der Waals surface area (Å²) in [6.07, 6.45) is 12.4. The molecule has 5 heteroatoms. The third kappa shape index (κ3) is 4.70. The molecule has 3 rings (SSSR count). The Morgan fingerprint density at radius 2 is 1.70 bits per heavy atom. The van der Waals surface area contributed by atoms with E-state index in [0.717, 1.165) is 76.3 Å². The van der Waals surface area contributed by atoms with Gasteiger partial charge in [-0.05, 0) is 61.6 Å². The van der Waals surface area contributed by atoms with Crippen LogP contribution in [0.3, 0.4) is 0 Å². The van der Waals surface area contributed by atoms with Gasteiger partial charge in [0.25, 0.3) is 0 Å². The molecule has 30 heavy (non-hydrogen) atoms. The van der Waals surface area contributed by atoms with Crippen molar-refractivity contribution in [2.75, 3.05) is 0 Å². The van der Waals surface area contributed by atoms with E-state index in [4.69, 9.17) is 0 Å². The molecular weight excluding hydrogens is 389 g/mol. The summed E-state index contributed by atoms with van der Waals surface area (Å²) in [6, 6.07) is 2.09. The maximum Gasteiger partial charge on any atom is 0.310 e. The van der Waals surface area contributed by atoms with E-state index < -0.39 is 34.8 Å². The lowest BCUT2D eigenvalue weighted by molar-refractivity contribution is -0.159. The second-order valence-electron chi connectivity index (χ2n) is 9.52. The molecule has 1 aromatic rings. The molecule has 2 aliphatic carbocycles. The molecule has 2 fully saturated rings. The molecule has 0 amide bonds. The first-order valence-corrected chi connectivity index (χ1v) is 11.8. The van der Waals surface area contributed by atoms with Gasteiger partial charge < -0.3 is 5.11 Å². The van der Waals surface area contributed by atoms with E-state index in [1.165, 1.54) is 6.42 Å². The summed E-state index contributed by atoms with van der Waals surface area (Å²) in [5.74, 6) is -4.91. The minimum Gasteiger partial charge on any atom is -0.481 e. The molecule has 0 radical (unpaired) electrons. The second-order valence-corrected chi connectivity index (χ2v) is 9.52. The summed E-state index contributed by atoms with van der Waals surface area (Å²) in [5, 5.41) is 10.4. The minimum absolute atomic E-state index is 0.00552. The summed E-state index contributed by atoms with van der Waals surface area (Å²) in [4.78, 5) is 12.7. The highest BCUT2D eigenvalue weighted by Crippen LogP contribution is 2.57. The van der Waals surface area contributed by atoms with Gasteiger partial charge in [-0.2, -0.15) is 0 Å². The van der Waals surface area contributed by atoms with Gasteiger partial charge in [0, 0.05) is 5.92 Å². The maximum atomic E-state index is 14.1. The summed E-state index contributed by atoms with van der Waals surface area (Å²) >= 11 is 0. The van der Waals surface area contributed by atoms with Crippen LogP contribution in [0.25, 0.3) is 0 Å². The Balaban J connectivity index is 1.95. The molecule has 0 bridgehead atoms. The zero-order valence-corrected chi connectivity index (χ0v) is 18.1. The van der Waals surface area contributed by atoms with Crippen LogP contribution in [0.5, 0.6) is 0 Å². The predicted octanol–water partition coefficient (Wildman–Crippen LogP) is 7.61. The third-order valence-corrected chi connectivity index (χ3v) is 7.76. The number of aliphatic carboxylic acids is 1. The van der Waals surface area contributed by atoms with Crippen molar-refractivity contribution in [3.8, 4) is 0 Å². The monoisotopic (exact) mass is 424 g/mol. The van der Waals surface area contributed by atoms with Crippen LogP contribution in [0.15, 0.2) is 12.1 Å². The summed E-state index contributed by atoms with van der Waals surface area (Å²) in [6.45, 7) is 2.17. The molecule has 0 aromatic heterocycles. The smallest absolute Gasteiger partial charge is 0.310 e. The molecule has 0 saturated heterocycles. The Labute approximate surface area is 178 Å². The van der Waals surface area contributed by atoms with Crippen molar-refractivity contribution in [1.82, 2.24) is 0 Å². The quantitative estimate of drug-likeness (QED) is 0.344. The Morgan fingerprint density at radius 1 is 1.03 bits per heavy atom. The SMILES string of the molecule is CCCCCC[C@@H]1CC[C@@](C(=O)O)(C2CCCCC2)C(c2cc(F)c(F)c(F)c2)C1. The van der Waals surface area contributed by atoms with E-state index >= 15 is 0 Å². The normalized spacial score (nSPS) is 27.9. The van der Waals surface area contributed by atoms with Crippen LogP contribution >= 0.6 is 0 Å². The van der Waals surface area contributed by atoms with E-state index in [1.54, 1.807) is 0 Å².